The van der Waals surface area contributed by atoms with Crippen molar-refractivity contribution < 1.29 is 19.4 Å². The van der Waals surface area contributed by atoms with Gasteiger partial charge >= 0.3 is 0 Å². The Morgan fingerprint density at radius 3 is 2.71 bits per heavy atom. The van der Waals surface area contributed by atoms with Gasteiger partial charge in [-0.2, -0.15) is 0 Å². The number of nitrogens with zero attached hydrogens (tertiary/aromatic N) is 1. The highest BCUT2D eigenvalue weighted by Gasteiger charge is 2.23. The average molecular weight is 294 g/mol. The molecule has 21 heavy (non-hydrogen) atoms. The monoisotopic (exact) mass is 294 g/mol. The Kier molecular flexibility index (Phi) is 5.83. The molecular formula is C15H22N2O4. The lowest BCUT2D eigenvalue weighted by atomic mass is 10.1. The third kappa shape index (κ3) is 4.61. The van der Waals surface area contributed by atoms with Crippen LogP contribution in [0.15, 0.2) is 24.3 Å². The van der Waals surface area contributed by atoms with Gasteiger partial charge in [0.05, 0.1) is 25.0 Å². The fraction of sp³-hybridized carbons (Fsp3) is 0.533. The van der Waals surface area contributed by atoms with Crippen molar-refractivity contribution in [2.24, 2.45) is 0 Å². The Labute approximate surface area is 124 Å². The van der Waals surface area contributed by atoms with Gasteiger partial charge in [0.25, 0.3) is 5.91 Å². The summed E-state index contributed by atoms with van der Waals surface area (Å²) in [5.74, 6) is 0.492. The number of carbonyl (C=O) groups excluding carboxylic acids is 1. The van der Waals surface area contributed by atoms with Crippen molar-refractivity contribution in [2.45, 2.75) is 18.9 Å². The van der Waals surface area contributed by atoms with Gasteiger partial charge in [0.15, 0.2) is 6.61 Å². The number of aliphatic hydroxyl groups is 1. The van der Waals surface area contributed by atoms with Crippen LogP contribution >= 0.6 is 0 Å². The third-order valence-electron chi connectivity index (χ3n) is 3.51. The summed E-state index contributed by atoms with van der Waals surface area (Å²) in [6, 6.07) is 7.13. The predicted octanol–water partition coefficient (Wildman–Crippen LogP) is 0.647. The molecule has 0 unspecified atom stereocenters. The number of nitrogen functional groups attached to an aromatic ring is 1. The van der Waals surface area contributed by atoms with E-state index in [2.05, 4.69) is 0 Å². The number of anilines is 1. The van der Waals surface area contributed by atoms with E-state index in [0.717, 1.165) is 12.8 Å². The molecule has 1 fully saturated rings. The quantitative estimate of drug-likeness (QED) is 0.752. The average Bonchev–Trinajstić information content (AvgIpc) is 2.52. The van der Waals surface area contributed by atoms with Gasteiger partial charge in [-0.15, -0.1) is 0 Å². The van der Waals surface area contributed by atoms with Gasteiger partial charge in [-0.3, -0.25) is 4.79 Å². The number of hydrogen-bond donors (Lipinski definition) is 2. The van der Waals surface area contributed by atoms with Gasteiger partial charge in [0.1, 0.15) is 5.75 Å². The number of rotatable bonds is 6. The van der Waals surface area contributed by atoms with Crippen molar-refractivity contribution in [1.82, 2.24) is 4.90 Å². The van der Waals surface area contributed by atoms with Gasteiger partial charge in [-0.1, -0.05) is 12.1 Å². The van der Waals surface area contributed by atoms with E-state index in [1.54, 1.807) is 17.0 Å². The minimum absolute atomic E-state index is 0.00359. The van der Waals surface area contributed by atoms with Crippen molar-refractivity contribution >= 4 is 11.6 Å². The highest BCUT2D eigenvalue weighted by Crippen LogP contribution is 2.20. The van der Waals surface area contributed by atoms with Crippen molar-refractivity contribution in [3.63, 3.8) is 0 Å². The predicted molar refractivity (Wildman–Crippen MR) is 79.0 cm³/mol. The first-order chi connectivity index (χ1) is 10.2. The van der Waals surface area contributed by atoms with E-state index in [1.807, 2.05) is 12.1 Å². The molecule has 1 aliphatic heterocycles. The lowest BCUT2D eigenvalue weighted by Crippen LogP contribution is -2.43. The van der Waals surface area contributed by atoms with Crippen LogP contribution in [0.2, 0.25) is 0 Å². The number of ether oxygens (including phenoxy) is 2. The van der Waals surface area contributed by atoms with Gasteiger partial charge in [0, 0.05) is 13.1 Å². The van der Waals surface area contributed by atoms with E-state index in [-0.39, 0.29) is 25.2 Å². The Hall–Kier alpha value is -1.79. The number of amides is 1. The standard InChI is InChI=1S/C15H22N2O4/c16-13-3-1-2-4-14(13)21-11-15(19)17-7-5-12(6-8-17)20-10-9-18/h1-4,12,18H,5-11,16H2. The van der Waals surface area contributed by atoms with Gasteiger partial charge in [-0.25, -0.2) is 0 Å². The first-order valence-corrected chi connectivity index (χ1v) is 7.18. The maximum Gasteiger partial charge on any atom is 0.260 e. The van der Waals surface area contributed by atoms with Gasteiger partial charge < -0.3 is 25.2 Å². The first-order valence-electron chi connectivity index (χ1n) is 7.18. The summed E-state index contributed by atoms with van der Waals surface area (Å²) in [5, 5.41) is 8.72. The molecule has 1 amide bonds. The molecule has 6 nitrogen and oxygen atoms in total. The van der Waals surface area contributed by atoms with Crippen LogP contribution in [0.5, 0.6) is 5.75 Å². The van der Waals surface area contributed by atoms with Crippen LogP contribution in [-0.2, 0) is 9.53 Å². The molecule has 1 aromatic carbocycles. The lowest BCUT2D eigenvalue weighted by molar-refractivity contribution is -0.136. The summed E-state index contributed by atoms with van der Waals surface area (Å²) in [4.78, 5) is 13.9. The molecule has 1 saturated heterocycles. The maximum absolute atomic E-state index is 12.1. The van der Waals surface area contributed by atoms with Crippen LogP contribution in [-0.4, -0.2) is 54.9 Å². The number of likely N-dealkylation sites (tertiary alicyclic amines) is 1. The summed E-state index contributed by atoms with van der Waals surface area (Å²) in [7, 11) is 0. The normalized spacial score (nSPS) is 16.0. The fourth-order valence-electron chi connectivity index (χ4n) is 2.33. The Balaban J connectivity index is 1.74. The number of benzene rings is 1. The molecule has 1 aromatic rings. The molecule has 0 atom stereocenters. The second-order valence-electron chi connectivity index (χ2n) is 5.00. The smallest absolute Gasteiger partial charge is 0.260 e. The maximum atomic E-state index is 12.1. The molecule has 2 rings (SSSR count). The summed E-state index contributed by atoms with van der Waals surface area (Å²) in [6.07, 6.45) is 1.71. The fourth-order valence-corrected chi connectivity index (χ4v) is 2.33. The zero-order valence-corrected chi connectivity index (χ0v) is 12.0. The Morgan fingerprint density at radius 2 is 2.05 bits per heavy atom. The van der Waals surface area contributed by atoms with Crippen molar-refractivity contribution in [3.05, 3.63) is 24.3 Å². The second-order valence-corrected chi connectivity index (χ2v) is 5.00. The van der Waals surface area contributed by atoms with Crippen molar-refractivity contribution in [1.29, 1.82) is 0 Å². The van der Waals surface area contributed by atoms with Gasteiger partial charge in [-0.05, 0) is 25.0 Å². The molecule has 0 spiro atoms. The zero-order valence-electron chi connectivity index (χ0n) is 12.0. The summed E-state index contributed by atoms with van der Waals surface area (Å²) in [6.45, 7) is 1.70. The molecule has 3 N–H and O–H groups in total. The van der Waals surface area contributed by atoms with E-state index >= 15 is 0 Å². The number of carbonyl (C=O) groups is 1. The molecule has 0 saturated carbocycles. The molecule has 1 aliphatic rings. The number of para-hydroxylation sites is 2. The summed E-state index contributed by atoms with van der Waals surface area (Å²) >= 11 is 0. The van der Waals surface area contributed by atoms with E-state index in [0.29, 0.717) is 31.1 Å². The van der Waals surface area contributed by atoms with Crippen LogP contribution in [0.3, 0.4) is 0 Å². The third-order valence-corrected chi connectivity index (χ3v) is 3.51. The molecule has 6 heteroatoms. The van der Waals surface area contributed by atoms with E-state index < -0.39 is 0 Å². The Bertz CT molecular complexity index is 459. The van der Waals surface area contributed by atoms with Crippen molar-refractivity contribution in [2.75, 3.05) is 38.6 Å². The number of nitrogens with two attached hydrogens (primary N) is 1. The van der Waals surface area contributed by atoms with E-state index in [9.17, 15) is 4.79 Å². The van der Waals surface area contributed by atoms with Crippen LogP contribution in [0.4, 0.5) is 5.69 Å². The molecule has 0 bridgehead atoms. The minimum Gasteiger partial charge on any atom is -0.482 e. The number of aliphatic hydroxyl groups excluding tert-OH is 1. The summed E-state index contributed by atoms with van der Waals surface area (Å²) < 4.78 is 10.9. The highest BCUT2D eigenvalue weighted by atomic mass is 16.5. The number of hydrogen-bond acceptors (Lipinski definition) is 5. The molecule has 0 aromatic heterocycles. The largest absolute Gasteiger partial charge is 0.482 e. The number of piperidine rings is 1. The second kappa shape index (κ2) is 7.85. The minimum atomic E-state index is -0.0427. The van der Waals surface area contributed by atoms with Crippen molar-refractivity contribution in [3.8, 4) is 5.75 Å². The molecular weight excluding hydrogens is 272 g/mol. The summed E-state index contributed by atoms with van der Waals surface area (Å²) in [5.41, 5.74) is 6.29. The first kappa shape index (κ1) is 15.6. The van der Waals surface area contributed by atoms with Crippen LogP contribution < -0.4 is 10.5 Å². The van der Waals surface area contributed by atoms with E-state index in [4.69, 9.17) is 20.3 Å². The van der Waals surface area contributed by atoms with Crippen LogP contribution in [0.1, 0.15) is 12.8 Å². The molecule has 0 aliphatic carbocycles. The van der Waals surface area contributed by atoms with Crippen LogP contribution in [0, 0.1) is 0 Å². The zero-order chi connectivity index (χ0) is 15.1. The molecule has 0 radical (unpaired) electrons. The van der Waals surface area contributed by atoms with E-state index in [1.165, 1.54) is 0 Å². The molecule has 1 heterocycles. The van der Waals surface area contributed by atoms with Crippen LogP contribution in [0.25, 0.3) is 0 Å². The SMILES string of the molecule is Nc1ccccc1OCC(=O)N1CCC(OCCO)CC1. The Morgan fingerprint density at radius 1 is 1.33 bits per heavy atom. The molecule has 116 valence electrons. The topological polar surface area (TPSA) is 85.0 Å². The highest BCUT2D eigenvalue weighted by molar-refractivity contribution is 5.78. The lowest BCUT2D eigenvalue weighted by Gasteiger charge is -2.31. The van der Waals surface area contributed by atoms with Gasteiger partial charge in [0.2, 0.25) is 0 Å².